The Morgan fingerprint density at radius 1 is 1.24 bits per heavy atom. The van der Waals surface area contributed by atoms with E-state index >= 15 is 0 Å². The van der Waals surface area contributed by atoms with E-state index in [1.807, 2.05) is 0 Å². The Bertz CT molecular complexity index is 448. The monoisotopic (exact) mass is 310 g/mol. The summed E-state index contributed by atoms with van der Waals surface area (Å²) in [5.74, 6) is 3.33. The Kier molecular flexibility index (Phi) is 5.44. The van der Waals surface area contributed by atoms with Crippen LogP contribution in [-0.2, 0) is 13.1 Å². The van der Waals surface area contributed by atoms with E-state index < -0.39 is 0 Å². The summed E-state index contributed by atoms with van der Waals surface area (Å²) in [5, 5.41) is 3.47. The molecule has 0 bridgehead atoms. The summed E-state index contributed by atoms with van der Waals surface area (Å²) in [6, 6.07) is 4.23. The average Bonchev–Trinajstić information content (AvgIpc) is 2.73. The van der Waals surface area contributed by atoms with Crippen LogP contribution in [0, 0.1) is 0 Å². The van der Waals surface area contributed by atoms with Crippen LogP contribution in [0.4, 0.5) is 0 Å². The van der Waals surface area contributed by atoms with Gasteiger partial charge in [0.25, 0.3) is 0 Å². The standard InChI is InChI=1S/C17H30N2OS/c1-16(2,3)18-12-14-6-7-15(20-14)13-19-9-8-17(4,5)21-11-10-19/h6-7,18H,8-13H2,1-5H3. The molecule has 2 rings (SSSR count). The van der Waals surface area contributed by atoms with Crippen molar-refractivity contribution < 1.29 is 4.42 Å². The molecule has 1 aliphatic heterocycles. The van der Waals surface area contributed by atoms with Crippen LogP contribution in [-0.4, -0.2) is 34.0 Å². The molecule has 1 N–H and O–H groups in total. The minimum Gasteiger partial charge on any atom is -0.463 e. The van der Waals surface area contributed by atoms with Gasteiger partial charge in [0.05, 0.1) is 13.1 Å². The Labute approximate surface area is 133 Å². The third kappa shape index (κ3) is 6.05. The van der Waals surface area contributed by atoms with E-state index in [4.69, 9.17) is 4.42 Å². The second-order valence-electron chi connectivity index (χ2n) is 7.61. The maximum atomic E-state index is 5.96. The van der Waals surface area contributed by atoms with Crippen molar-refractivity contribution in [2.45, 2.75) is 64.4 Å². The SMILES string of the molecule is CC(C)(C)NCc1ccc(CN2CCSC(C)(C)CC2)o1. The van der Waals surface area contributed by atoms with Crippen molar-refractivity contribution in [3.8, 4) is 0 Å². The van der Waals surface area contributed by atoms with Crippen LogP contribution < -0.4 is 5.32 Å². The van der Waals surface area contributed by atoms with Crippen molar-refractivity contribution in [1.82, 2.24) is 10.2 Å². The highest BCUT2D eigenvalue weighted by molar-refractivity contribution is 8.00. The first kappa shape index (κ1) is 16.9. The molecule has 2 heterocycles. The molecule has 0 aliphatic carbocycles. The van der Waals surface area contributed by atoms with E-state index in [1.54, 1.807) is 0 Å². The molecule has 0 spiro atoms. The molecule has 120 valence electrons. The van der Waals surface area contributed by atoms with E-state index in [-0.39, 0.29) is 5.54 Å². The molecular weight excluding hydrogens is 280 g/mol. The molecular formula is C17H30N2OS. The minimum absolute atomic E-state index is 0.126. The summed E-state index contributed by atoms with van der Waals surface area (Å²) >= 11 is 2.09. The highest BCUT2D eigenvalue weighted by Gasteiger charge is 2.24. The predicted octanol–water partition coefficient (Wildman–Crippen LogP) is 3.89. The maximum Gasteiger partial charge on any atom is 0.118 e. The van der Waals surface area contributed by atoms with Gasteiger partial charge in [0.15, 0.2) is 0 Å². The zero-order valence-corrected chi connectivity index (χ0v) is 15.0. The molecule has 4 heteroatoms. The third-order valence-corrected chi connectivity index (χ3v) is 5.19. The first-order valence-corrected chi connectivity index (χ1v) is 8.91. The first-order chi connectivity index (χ1) is 9.73. The Balaban J connectivity index is 1.85. The second kappa shape index (κ2) is 6.76. The fourth-order valence-corrected chi connectivity index (χ4v) is 3.53. The first-order valence-electron chi connectivity index (χ1n) is 7.92. The lowest BCUT2D eigenvalue weighted by Gasteiger charge is -2.22. The smallest absolute Gasteiger partial charge is 0.118 e. The summed E-state index contributed by atoms with van der Waals surface area (Å²) in [6.07, 6.45) is 1.25. The Morgan fingerprint density at radius 2 is 1.95 bits per heavy atom. The highest BCUT2D eigenvalue weighted by Crippen LogP contribution is 2.31. The van der Waals surface area contributed by atoms with E-state index in [2.05, 4.69) is 68.7 Å². The fourth-order valence-electron chi connectivity index (χ4n) is 2.40. The van der Waals surface area contributed by atoms with Crippen LogP contribution in [0.25, 0.3) is 0 Å². The average molecular weight is 311 g/mol. The number of nitrogens with zero attached hydrogens (tertiary/aromatic N) is 1. The van der Waals surface area contributed by atoms with Gasteiger partial charge < -0.3 is 9.73 Å². The minimum atomic E-state index is 0.126. The second-order valence-corrected chi connectivity index (χ2v) is 9.41. The van der Waals surface area contributed by atoms with Crippen LogP contribution in [0.5, 0.6) is 0 Å². The van der Waals surface area contributed by atoms with Gasteiger partial charge in [0, 0.05) is 22.6 Å². The van der Waals surface area contributed by atoms with Crippen molar-refractivity contribution in [2.75, 3.05) is 18.8 Å². The van der Waals surface area contributed by atoms with Gasteiger partial charge in [0.2, 0.25) is 0 Å². The molecule has 0 amide bonds. The molecule has 0 aromatic carbocycles. The van der Waals surface area contributed by atoms with E-state index in [0.717, 1.165) is 37.7 Å². The molecule has 21 heavy (non-hydrogen) atoms. The van der Waals surface area contributed by atoms with Crippen molar-refractivity contribution in [2.24, 2.45) is 0 Å². The fraction of sp³-hybridized carbons (Fsp3) is 0.765. The van der Waals surface area contributed by atoms with E-state index in [9.17, 15) is 0 Å². The van der Waals surface area contributed by atoms with Gasteiger partial charge in [-0.3, -0.25) is 4.90 Å². The predicted molar refractivity (Wildman–Crippen MR) is 91.7 cm³/mol. The number of hydrogen-bond acceptors (Lipinski definition) is 4. The molecule has 1 aliphatic rings. The van der Waals surface area contributed by atoms with Gasteiger partial charge in [-0.2, -0.15) is 11.8 Å². The van der Waals surface area contributed by atoms with Crippen molar-refractivity contribution in [1.29, 1.82) is 0 Å². The Morgan fingerprint density at radius 3 is 2.67 bits per heavy atom. The molecule has 0 atom stereocenters. The third-order valence-electron chi connectivity index (χ3n) is 3.82. The molecule has 3 nitrogen and oxygen atoms in total. The largest absolute Gasteiger partial charge is 0.463 e. The van der Waals surface area contributed by atoms with Crippen molar-refractivity contribution in [3.63, 3.8) is 0 Å². The number of furan rings is 1. The Hall–Kier alpha value is -0.450. The normalized spacial score (nSPS) is 20.4. The lowest BCUT2D eigenvalue weighted by Crippen LogP contribution is -2.34. The van der Waals surface area contributed by atoms with E-state index in [0.29, 0.717) is 4.75 Å². The van der Waals surface area contributed by atoms with Crippen LogP contribution >= 0.6 is 11.8 Å². The summed E-state index contributed by atoms with van der Waals surface area (Å²) in [6.45, 7) is 15.3. The molecule has 0 radical (unpaired) electrons. The summed E-state index contributed by atoms with van der Waals surface area (Å²) in [5.41, 5.74) is 0.126. The van der Waals surface area contributed by atoms with E-state index in [1.165, 1.54) is 12.2 Å². The molecule has 1 fully saturated rings. The van der Waals surface area contributed by atoms with Crippen LogP contribution in [0.1, 0.15) is 52.6 Å². The zero-order chi connectivity index (χ0) is 15.5. The van der Waals surface area contributed by atoms with Gasteiger partial charge in [-0.1, -0.05) is 13.8 Å². The zero-order valence-electron chi connectivity index (χ0n) is 14.2. The number of nitrogens with one attached hydrogen (secondary N) is 1. The number of thioether (sulfide) groups is 1. The molecule has 1 aromatic rings. The molecule has 0 unspecified atom stereocenters. The van der Waals surface area contributed by atoms with Gasteiger partial charge in [-0.15, -0.1) is 0 Å². The lowest BCUT2D eigenvalue weighted by molar-refractivity contribution is 0.249. The molecule has 1 aromatic heterocycles. The van der Waals surface area contributed by atoms with Crippen molar-refractivity contribution in [3.05, 3.63) is 23.7 Å². The number of hydrogen-bond donors (Lipinski definition) is 1. The lowest BCUT2D eigenvalue weighted by atomic mass is 10.1. The number of rotatable bonds is 4. The van der Waals surface area contributed by atoms with Gasteiger partial charge >= 0.3 is 0 Å². The summed E-state index contributed by atoms with van der Waals surface area (Å²) in [4.78, 5) is 2.52. The van der Waals surface area contributed by atoms with Crippen LogP contribution in [0.15, 0.2) is 16.5 Å². The summed E-state index contributed by atoms with van der Waals surface area (Å²) < 4.78 is 6.38. The topological polar surface area (TPSA) is 28.4 Å². The van der Waals surface area contributed by atoms with Gasteiger partial charge in [-0.25, -0.2) is 0 Å². The maximum absolute atomic E-state index is 5.96. The molecule has 1 saturated heterocycles. The van der Waals surface area contributed by atoms with Crippen molar-refractivity contribution >= 4 is 11.8 Å². The van der Waals surface area contributed by atoms with Gasteiger partial charge in [-0.05, 0) is 45.9 Å². The quantitative estimate of drug-likeness (QED) is 0.913. The molecule has 0 saturated carbocycles. The van der Waals surface area contributed by atoms with Crippen LogP contribution in [0.3, 0.4) is 0 Å². The summed E-state index contributed by atoms with van der Waals surface area (Å²) in [7, 11) is 0. The highest BCUT2D eigenvalue weighted by atomic mass is 32.2. The van der Waals surface area contributed by atoms with Crippen LogP contribution in [0.2, 0.25) is 0 Å². The van der Waals surface area contributed by atoms with Gasteiger partial charge in [0.1, 0.15) is 11.5 Å².